The molecule has 118 valence electrons. The van der Waals surface area contributed by atoms with Crippen molar-refractivity contribution in [1.29, 1.82) is 0 Å². The number of nitrogens with two attached hydrogens (primary N) is 1. The highest BCUT2D eigenvalue weighted by molar-refractivity contribution is 5.44. The second-order valence-electron chi connectivity index (χ2n) is 6.13. The summed E-state index contributed by atoms with van der Waals surface area (Å²) >= 11 is 0. The van der Waals surface area contributed by atoms with Crippen molar-refractivity contribution in [3.63, 3.8) is 0 Å². The minimum Gasteiger partial charge on any atom is -0.497 e. The van der Waals surface area contributed by atoms with Crippen LogP contribution in [0, 0.1) is 0 Å². The van der Waals surface area contributed by atoms with E-state index in [0.717, 1.165) is 23.6 Å². The van der Waals surface area contributed by atoms with Gasteiger partial charge in [0, 0.05) is 5.56 Å². The molecule has 3 N–H and O–H groups in total. The third-order valence-corrected chi connectivity index (χ3v) is 3.20. The largest absolute Gasteiger partial charge is 0.497 e. The van der Waals surface area contributed by atoms with Gasteiger partial charge in [0.1, 0.15) is 30.8 Å². The maximum atomic E-state index is 9.92. The van der Waals surface area contributed by atoms with E-state index in [1.807, 2.05) is 29.6 Å². The molecular weight excluding hydrogens is 266 g/mol. The summed E-state index contributed by atoms with van der Waals surface area (Å²) in [6.07, 6.45) is 1.31. The molecule has 0 fully saturated rings. The first-order valence-corrected chi connectivity index (χ1v) is 7.30. The Morgan fingerprint density at radius 2 is 2.10 bits per heavy atom. The number of methoxy groups -OCH3 is 1. The molecule has 0 saturated carbocycles. The lowest BCUT2D eigenvalue weighted by molar-refractivity contribution is -0.652. The molecule has 4 nitrogen and oxygen atoms in total. The van der Waals surface area contributed by atoms with Crippen LogP contribution in [0.2, 0.25) is 0 Å². The van der Waals surface area contributed by atoms with Gasteiger partial charge in [-0.15, -0.1) is 0 Å². The molecule has 0 bridgehead atoms. The molecule has 0 saturated heterocycles. The predicted molar refractivity (Wildman–Crippen MR) is 85.1 cm³/mol. The van der Waals surface area contributed by atoms with Gasteiger partial charge >= 0.3 is 0 Å². The fourth-order valence-corrected chi connectivity index (χ4v) is 2.01. The van der Waals surface area contributed by atoms with Crippen molar-refractivity contribution >= 4 is 0 Å². The third kappa shape index (κ3) is 5.78. The SMILES string of the molecule is C=CC[NH2+]C[C@H](O)COc1ccc(OC)cc1C(C)(C)C. The lowest BCUT2D eigenvalue weighted by Gasteiger charge is -2.24. The van der Waals surface area contributed by atoms with Crippen molar-refractivity contribution in [2.45, 2.75) is 32.3 Å². The van der Waals surface area contributed by atoms with Gasteiger partial charge in [0.05, 0.1) is 13.7 Å². The van der Waals surface area contributed by atoms with E-state index in [4.69, 9.17) is 9.47 Å². The first-order valence-electron chi connectivity index (χ1n) is 7.30. The summed E-state index contributed by atoms with van der Waals surface area (Å²) in [5, 5.41) is 11.9. The Morgan fingerprint density at radius 1 is 1.38 bits per heavy atom. The van der Waals surface area contributed by atoms with Crippen LogP contribution in [-0.2, 0) is 5.41 Å². The number of rotatable bonds is 8. The number of ether oxygens (including phenoxy) is 2. The third-order valence-electron chi connectivity index (χ3n) is 3.20. The second kappa shape index (κ2) is 8.05. The van der Waals surface area contributed by atoms with E-state index >= 15 is 0 Å². The van der Waals surface area contributed by atoms with Gasteiger partial charge < -0.3 is 19.9 Å². The van der Waals surface area contributed by atoms with Crippen LogP contribution in [0.1, 0.15) is 26.3 Å². The van der Waals surface area contributed by atoms with Crippen LogP contribution >= 0.6 is 0 Å². The van der Waals surface area contributed by atoms with Crippen molar-refractivity contribution in [2.75, 3.05) is 26.8 Å². The van der Waals surface area contributed by atoms with Crippen LogP contribution in [0.15, 0.2) is 30.9 Å². The highest BCUT2D eigenvalue weighted by atomic mass is 16.5. The van der Waals surface area contributed by atoms with Crippen molar-refractivity contribution < 1.29 is 19.9 Å². The number of hydrogen-bond donors (Lipinski definition) is 2. The summed E-state index contributed by atoms with van der Waals surface area (Å²) < 4.78 is 11.1. The highest BCUT2D eigenvalue weighted by Crippen LogP contribution is 2.34. The topological polar surface area (TPSA) is 55.3 Å². The van der Waals surface area contributed by atoms with Crippen LogP contribution in [0.5, 0.6) is 11.5 Å². The zero-order valence-electron chi connectivity index (χ0n) is 13.6. The van der Waals surface area contributed by atoms with E-state index in [2.05, 4.69) is 27.4 Å². The smallest absolute Gasteiger partial charge is 0.137 e. The Kier molecular flexibility index (Phi) is 6.72. The molecule has 0 spiro atoms. The monoisotopic (exact) mass is 294 g/mol. The van der Waals surface area contributed by atoms with Crippen molar-refractivity contribution in [1.82, 2.24) is 0 Å². The highest BCUT2D eigenvalue weighted by Gasteiger charge is 2.20. The van der Waals surface area contributed by atoms with Gasteiger partial charge in [-0.2, -0.15) is 0 Å². The first-order chi connectivity index (χ1) is 9.88. The number of hydrogen-bond acceptors (Lipinski definition) is 3. The predicted octanol–water partition coefficient (Wildman–Crippen LogP) is 1.48. The summed E-state index contributed by atoms with van der Waals surface area (Å²) in [5.74, 6) is 1.61. The Balaban J connectivity index is 2.72. The summed E-state index contributed by atoms with van der Waals surface area (Å²) in [7, 11) is 1.65. The van der Waals surface area contributed by atoms with Gasteiger partial charge in [-0.05, 0) is 29.7 Å². The lowest BCUT2D eigenvalue weighted by Crippen LogP contribution is -2.86. The summed E-state index contributed by atoms with van der Waals surface area (Å²) in [6.45, 7) is 11.7. The van der Waals surface area contributed by atoms with Crippen molar-refractivity contribution in [3.8, 4) is 11.5 Å². The standard InChI is InChI=1S/C17H27NO3/c1-6-9-18-11-13(19)12-21-16-8-7-14(20-5)10-15(16)17(2,3)4/h6-8,10,13,18-19H,1,9,11-12H2,2-5H3/p+1/t13-/m0/s1. The minimum absolute atomic E-state index is 0.0518. The van der Waals surface area contributed by atoms with Gasteiger partial charge in [0.25, 0.3) is 0 Å². The summed E-state index contributed by atoms with van der Waals surface area (Å²) in [4.78, 5) is 0. The van der Waals surface area contributed by atoms with Gasteiger partial charge in [0.2, 0.25) is 0 Å². The number of aliphatic hydroxyl groups excluding tert-OH is 1. The van der Waals surface area contributed by atoms with Gasteiger partial charge in [0.15, 0.2) is 0 Å². The molecule has 0 aliphatic rings. The van der Waals surface area contributed by atoms with Gasteiger partial charge in [-0.25, -0.2) is 0 Å². The number of aliphatic hydroxyl groups is 1. The molecule has 0 unspecified atom stereocenters. The molecule has 0 heterocycles. The second-order valence-corrected chi connectivity index (χ2v) is 6.13. The average molecular weight is 294 g/mol. The van der Waals surface area contributed by atoms with Crippen LogP contribution in [0.25, 0.3) is 0 Å². The maximum Gasteiger partial charge on any atom is 0.137 e. The zero-order chi connectivity index (χ0) is 15.9. The molecule has 0 radical (unpaired) electrons. The Hall–Kier alpha value is -1.52. The van der Waals surface area contributed by atoms with Crippen LogP contribution in [0.3, 0.4) is 0 Å². The van der Waals surface area contributed by atoms with E-state index in [9.17, 15) is 5.11 Å². The molecule has 0 aliphatic carbocycles. The fourth-order valence-electron chi connectivity index (χ4n) is 2.01. The summed E-state index contributed by atoms with van der Waals surface area (Å²) in [5.41, 5.74) is 1.02. The fraction of sp³-hybridized carbons (Fsp3) is 0.529. The molecule has 1 aromatic rings. The van der Waals surface area contributed by atoms with Crippen LogP contribution < -0.4 is 14.8 Å². The summed E-state index contributed by atoms with van der Waals surface area (Å²) in [6, 6.07) is 5.77. The number of quaternary nitrogens is 1. The lowest BCUT2D eigenvalue weighted by atomic mass is 9.86. The van der Waals surface area contributed by atoms with Crippen LogP contribution in [0.4, 0.5) is 0 Å². The van der Waals surface area contributed by atoms with E-state index < -0.39 is 6.10 Å². The quantitative estimate of drug-likeness (QED) is 0.564. The maximum absolute atomic E-state index is 9.92. The molecule has 21 heavy (non-hydrogen) atoms. The molecule has 4 heteroatoms. The molecule has 1 aromatic carbocycles. The Labute approximate surface area is 127 Å². The zero-order valence-corrected chi connectivity index (χ0v) is 13.6. The van der Waals surface area contributed by atoms with Gasteiger partial charge in [-0.3, -0.25) is 0 Å². The Morgan fingerprint density at radius 3 is 2.67 bits per heavy atom. The van der Waals surface area contributed by atoms with Crippen LogP contribution in [-0.4, -0.2) is 38.0 Å². The van der Waals surface area contributed by atoms with Gasteiger partial charge in [-0.1, -0.05) is 27.4 Å². The van der Waals surface area contributed by atoms with Crippen molar-refractivity contribution in [2.24, 2.45) is 0 Å². The van der Waals surface area contributed by atoms with E-state index in [1.165, 1.54) is 0 Å². The van der Waals surface area contributed by atoms with Crippen molar-refractivity contribution in [3.05, 3.63) is 36.4 Å². The molecule has 0 aromatic heterocycles. The number of benzene rings is 1. The average Bonchev–Trinajstić information content (AvgIpc) is 2.44. The molecule has 0 amide bonds. The molecular formula is C17H28NO3+. The van der Waals surface area contributed by atoms with E-state index in [-0.39, 0.29) is 12.0 Å². The first kappa shape index (κ1) is 17.5. The van der Waals surface area contributed by atoms with E-state index in [0.29, 0.717) is 6.54 Å². The molecule has 1 rings (SSSR count). The normalized spacial score (nSPS) is 12.8. The minimum atomic E-state index is -0.500. The molecule has 1 atom stereocenters. The molecule has 0 aliphatic heterocycles. The Bertz CT molecular complexity index is 452. The van der Waals surface area contributed by atoms with E-state index in [1.54, 1.807) is 7.11 Å².